The Hall–Kier alpha value is -1.60. The average Bonchev–Trinajstić information content (AvgIpc) is 2.37. The van der Waals surface area contributed by atoms with Gasteiger partial charge in [-0.1, -0.05) is 13.0 Å². The number of sulfonamides is 1. The number of primary amides is 1. The molecule has 6 nitrogen and oxygen atoms in total. The van der Waals surface area contributed by atoms with E-state index in [4.69, 9.17) is 11.5 Å². The van der Waals surface area contributed by atoms with Crippen LogP contribution in [0.4, 0.5) is 5.69 Å². The van der Waals surface area contributed by atoms with Crippen molar-refractivity contribution in [2.45, 2.75) is 37.5 Å². The quantitative estimate of drug-likeness (QED) is 0.485. The van der Waals surface area contributed by atoms with Gasteiger partial charge >= 0.3 is 0 Å². The van der Waals surface area contributed by atoms with Gasteiger partial charge in [0, 0.05) is 18.7 Å². The van der Waals surface area contributed by atoms with Gasteiger partial charge < -0.3 is 11.5 Å². The molecule has 1 aromatic carbocycles. The van der Waals surface area contributed by atoms with Crippen LogP contribution in [0.5, 0.6) is 0 Å². The highest BCUT2D eigenvalue weighted by atomic mass is 32.2. The predicted octanol–water partition coefficient (Wildman–Crippen LogP) is 0.765. The fraction of sp³-hybridized carbons (Fsp3) is 0.462. The molecule has 0 bridgehead atoms. The number of hydrogen-bond acceptors (Lipinski definition) is 4. The lowest BCUT2D eigenvalue weighted by Crippen LogP contribution is -2.25. The van der Waals surface area contributed by atoms with Gasteiger partial charge in [-0.3, -0.25) is 4.79 Å². The molecule has 1 aromatic rings. The van der Waals surface area contributed by atoms with E-state index in [0.717, 1.165) is 12.0 Å². The van der Waals surface area contributed by atoms with Gasteiger partial charge in [-0.15, -0.1) is 0 Å². The van der Waals surface area contributed by atoms with Gasteiger partial charge in [0.05, 0.1) is 4.90 Å². The number of carbonyl (C=O) groups excluding carboxylic acids is 1. The van der Waals surface area contributed by atoms with E-state index >= 15 is 0 Å². The number of nitrogens with two attached hydrogens (primary N) is 2. The van der Waals surface area contributed by atoms with Crippen LogP contribution in [0, 0.1) is 0 Å². The molecule has 0 aromatic heterocycles. The zero-order valence-electron chi connectivity index (χ0n) is 11.6. The molecule has 0 aliphatic rings. The van der Waals surface area contributed by atoms with E-state index in [1.165, 1.54) is 6.07 Å². The standard InChI is InChI=1S/C13H21N3O3S/c1-2-10-6-7-11(9-12(10)14)20(18,19)16-8-4-3-5-13(15)17/h6-7,9,16H,2-5,8,14H2,1H3,(H2,15,17). The lowest BCUT2D eigenvalue weighted by Gasteiger charge is -2.09. The van der Waals surface area contributed by atoms with Crippen LogP contribution in [0.15, 0.2) is 23.1 Å². The Bertz CT molecular complexity index is 570. The average molecular weight is 299 g/mol. The zero-order valence-corrected chi connectivity index (χ0v) is 12.4. The molecule has 0 aliphatic heterocycles. The van der Waals surface area contributed by atoms with Crippen molar-refractivity contribution in [3.05, 3.63) is 23.8 Å². The second-order valence-corrected chi connectivity index (χ2v) is 6.30. The van der Waals surface area contributed by atoms with Crippen LogP contribution in [-0.4, -0.2) is 20.9 Å². The van der Waals surface area contributed by atoms with E-state index in [-0.39, 0.29) is 23.8 Å². The van der Waals surface area contributed by atoms with Crippen LogP contribution in [-0.2, 0) is 21.2 Å². The first-order chi connectivity index (χ1) is 9.36. The number of carbonyl (C=O) groups is 1. The highest BCUT2D eigenvalue weighted by Crippen LogP contribution is 2.18. The van der Waals surface area contributed by atoms with Crippen molar-refractivity contribution >= 4 is 21.6 Å². The summed E-state index contributed by atoms with van der Waals surface area (Å²) in [5.41, 5.74) is 12.2. The third-order valence-corrected chi connectivity index (χ3v) is 4.41. The van der Waals surface area contributed by atoms with Gasteiger partial charge in [0.2, 0.25) is 15.9 Å². The zero-order chi connectivity index (χ0) is 15.2. The maximum Gasteiger partial charge on any atom is 0.240 e. The van der Waals surface area contributed by atoms with Crippen molar-refractivity contribution in [3.63, 3.8) is 0 Å². The SMILES string of the molecule is CCc1ccc(S(=O)(=O)NCCCCC(N)=O)cc1N. The van der Waals surface area contributed by atoms with E-state index < -0.39 is 10.0 Å². The summed E-state index contributed by atoms with van der Waals surface area (Å²) in [5.74, 6) is -0.379. The third-order valence-electron chi connectivity index (χ3n) is 2.95. The lowest BCUT2D eigenvalue weighted by atomic mass is 10.1. The molecule has 20 heavy (non-hydrogen) atoms. The van der Waals surface area contributed by atoms with Crippen molar-refractivity contribution in [1.29, 1.82) is 0 Å². The largest absolute Gasteiger partial charge is 0.398 e. The Morgan fingerprint density at radius 1 is 1.30 bits per heavy atom. The molecule has 0 fully saturated rings. The van der Waals surface area contributed by atoms with Crippen LogP contribution in [0.25, 0.3) is 0 Å². The minimum Gasteiger partial charge on any atom is -0.398 e. The minimum absolute atomic E-state index is 0.155. The number of nitrogen functional groups attached to an aromatic ring is 1. The van der Waals surface area contributed by atoms with Gasteiger partial charge in [-0.25, -0.2) is 13.1 Å². The van der Waals surface area contributed by atoms with Gasteiger partial charge in [0.1, 0.15) is 0 Å². The number of amides is 1. The first-order valence-corrected chi connectivity index (χ1v) is 8.01. The monoisotopic (exact) mass is 299 g/mol. The summed E-state index contributed by atoms with van der Waals surface area (Å²) in [6.07, 6.45) is 2.14. The Labute approximate surface area is 119 Å². The fourth-order valence-corrected chi connectivity index (χ4v) is 2.89. The highest BCUT2D eigenvalue weighted by Gasteiger charge is 2.14. The van der Waals surface area contributed by atoms with Gasteiger partial charge in [-0.05, 0) is 37.0 Å². The third kappa shape index (κ3) is 4.82. The van der Waals surface area contributed by atoms with Crippen molar-refractivity contribution in [2.24, 2.45) is 5.73 Å². The topological polar surface area (TPSA) is 115 Å². The molecule has 0 aliphatic carbocycles. The van der Waals surface area contributed by atoms with Crippen LogP contribution in [0.3, 0.4) is 0 Å². The van der Waals surface area contributed by atoms with Crippen molar-refractivity contribution < 1.29 is 13.2 Å². The molecule has 0 atom stereocenters. The summed E-state index contributed by atoms with van der Waals surface area (Å²) in [5, 5.41) is 0. The second-order valence-electron chi connectivity index (χ2n) is 4.54. The molecular weight excluding hydrogens is 278 g/mol. The first kappa shape index (κ1) is 16.5. The van der Waals surface area contributed by atoms with Gasteiger partial charge in [-0.2, -0.15) is 0 Å². The first-order valence-electron chi connectivity index (χ1n) is 6.53. The summed E-state index contributed by atoms with van der Waals surface area (Å²) in [4.78, 5) is 10.7. The molecule has 5 N–H and O–H groups in total. The number of anilines is 1. The molecular formula is C13H21N3O3S. The van der Waals surface area contributed by atoms with Crippen LogP contribution >= 0.6 is 0 Å². The van der Waals surface area contributed by atoms with E-state index in [0.29, 0.717) is 18.5 Å². The van der Waals surface area contributed by atoms with E-state index in [9.17, 15) is 13.2 Å². The van der Waals surface area contributed by atoms with Crippen molar-refractivity contribution in [2.75, 3.05) is 12.3 Å². The van der Waals surface area contributed by atoms with Crippen molar-refractivity contribution in [3.8, 4) is 0 Å². The summed E-state index contributed by atoms with van der Waals surface area (Å²) >= 11 is 0. The second kappa shape index (κ2) is 7.25. The Kier molecular flexibility index (Phi) is 5.97. The van der Waals surface area contributed by atoms with Gasteiger partial charge in [0.25, 0.3) is 0 Å². The Morgan fingerprint density at radius 2 is 2.00 bits per heavy atom. The Morgan fingerprint density at radius 3 is 2.55 bits per heavy atom. The van der Waals surface area contributed by atoms with Gasteiger partial charge in [0.15, 0.2) is 0 Å². The smallest absolute Gasteiger partial charge is 0.240 e. The number of rotatable bonds is 8. The van der Waals surface area contributed by atoms with Crippen molar-refractivity contribution in [1.82, 2.24) is 4.72 Å². The molecule has 112 valence electrons. The van der Waals surface area contributed by atoms with Crippen LogP contribution < -0.4 is 16.2 Å². The summed E-state index contributed by atoms with van der Waals surface area (Å²) in [6, 6.07) is 4.72. The molecule has 0 spiro atoms. The number of nitrogens with one attached hydrogen (secondary N) is 1. The van der Waals surface area contributed by atoms with E-state index in [1.54, 1.807) is 12.1 Å². The maximum absolute atomic E-state index is 12.0. The lowest BCUT2D eigenvalue weighted by molar-refractivity contribution is -0.118. The molecule has 0 heterocycles. The highest BCUT2D eigenvalue weighted by molar-refractivity contribution is 7.89. The van der Waals surface area contributed by atoms with Crippen LogP contribution in [0.2, 0.25) is 0 Å². The maximum atomic E-state index is 12.0. The number of hydrogen-bond donors (Lipinski definition) is 3. The number of aryl methyl sites for hydroxylation is 1. The number of benzene rings is 1. The summed E-state index contributed by atoms with van der Waals surface area (Å²) in [7, 11) is -3.55. The summed E-state index contributed by atoms with van der Waals surface area (Å²) in [6.45, 7) is 2.22. The van der Waals surface area contributed by atoms with Crippen LogP contribution in [0.1, 0.15) is 31.7 Å². The molecule has 0 radical (unpaired) electrons. The van der Waals surface area contributed by atoms with E-state index in [2.05, 4.69) is 4.72 Å². The molecule has 1 rings (SSSR count). The predicted molar refractivity (Wildman–Crippen MR) is 78.5 cm³/mol. The molecule has 0 unspecified atom stereocenters. The Balaban J connectivity index is 2.60. The summed E-state index contributed by atoms with van der Waals surface area (Å²) < 4.78 is 26.5. The van der Waals surface area contributed by atoms with E-state index in [1.807, 2.05) is 6.92 Å². The normalized spacial score (nSPS) is 11.4. The fourth-order valence-electron chi connectivity index (χ4n) is 1.78. The number of unbranched alkanes of at least 4 members (excludes halogenated alkanes) is 1. The molecule has 0 saturated heterocycles. The minimum atomic E-state index is -3.55. The molecule has 1 amide bonds. The molecule has 7 heteroatoms. The molecule has 0 saturated carbocycles.